The highest BCUT2D eigenvalue weighted by Gasteiger charge is 2.41. The van der Waals surface area contributed by atoms with Crippen molar-refractivity contribution in [1.82, 2.24) is 4.98 Å². The Labute approximate surface area is 178 Å². The number of ether oxygens (including phenoxy) is 1. The minimum Gasteiger partial charge on any atom is -0.462 e. The molecule has 0 radical (unpaired) electrons. The first-order chi connectivity index (χ1) is 14.4. The van der Waals surface area contributed by atoms with Gasteiger partial charge in [0.1, 0.15) is 5.82 Å². The fourth-order valence-electron chi connectivity index (χ4n) is 4.62. The first-order valence-electron chi connectivity index (χ1n) is 10.8. The topological polar surface area (TPSA) is 51.2 Å². The van der Waals surface area contributed by atoms with E-state index < -0.39 is 0 Å². The van der Waals surface area contributed by atoms with Gasteiger partial charge in [-0.3, -0.25) is 0 Å². The molecule has 0 aliphatic heterocycles. The maximum Gasteiger partial charge on any atom is 0.338 e. The summed E-state index contributed by atoms with van der Waals surface area (Å²) in [6, 6.07) is 18.4. The second-order valence-corrected chi connectivity index (χ2v) is 9.14. The molecule has 156 valence electrons. The Morgan fingerprint density at radius 3 is 2.53 bits per heavy atom. The summed E-state index contributed by atoms with van der Waals surface area (Å²) in [4.78, 5) is 16.9. The van der Waals surface area contributed by atoms with Gasteiger partial charge < -0.3 is 10.1 Å². The maximum atomic E-state index is 12.0. The molecule has 1 fully saturated rings. The summed E-state index contributed by atoms with van der Waals surface area (Å²) in [6.45, 7) is 8.96. The molecule has 0 spiro atoms. The number of esters is 1. The van der Waals surface area contributed by atoms with Crippen LogP contribution < -0.4 is 5.32 Å². The van der Waals surface area contributed by atoms with Crippen LogP contribution in [0.3, 0.4) is 0 Å². The van der Waals surface area contributed by atoms with Gasteiger partial charge in [0.05, 0.1) is 23.7 Å². The van der Waals surface area contributed by atoms with Crippen molar-refractivity contribution >= 4 is 22.7 Å². The maximum absolute atomic E-state index is 12.0. The number of anilines is 1. The molecule has 4 heteroatoms. The van der Waals surface area contributed by atoms with Crippen molar-refractivity contribution in [3.63, 3.8) is 0 Å². The summed E-state index contributed by atoms with van der Waals surface area (Å²) in [5, 5.41) is 4.90. The summed E-state index contributed by atoms with van der Waals surface area (Å²) in [5.74, 6) is 1.18. The summed E-state index contributed by atoms with van der Waals surface area (Å²) in [7, 11) is 0. The number of aryl methyl sites for hydroxylation is 1. The highest BCUT2D eigenvalue weighted by atomic mass is 16.5. The Morgan fingerprint density at radius 1 is 1.17 bits per heavy atom. The molecule has 1 saturated carbocycles. The van der Waals surface area contributed by atoms with Crippen molar-refractivity contribution in [1.29, 1.82) is 0 Å². The third-order valence-electron chi connectivity index (χ3n) is 6.09. The first kappa shape index (κ1) is 20.4. The zero-order chi connectivity index (χ0) is 21.3. The smallest absolute Gasteiger partial charge is 0.338 e. The lowest BCUT2D eigenvalue weighted by Crippen LogP contribution is -2.38. The third kappa shape index (κ3) is 4.18. The number of fused-ring (bicyclic) bond motifs is 1. The fraction of sp³-hybridized carbons (Fsp3) is 0.385. The lowest BCUT2D eigenvalue weighted by Gasteiger charge is -2.47. The van der Waals surface area contributed by atoms with Crippen LogP contribution in [0, 0.1) is 18.3 Å². The van der Waals surface area contributed by atoms with Gasteiger partial charge in [-0.15, -0.1) is 0 Å². The lowest BCUT2D eigenvalue weighted by atomic mass is 9.61. The van der Waals surface area contributed by atoms with Crippen LogP contribution in [0.15, 0.2) is 54.6 Å². The van der Waals surface area contributed by atoms with E-state index in [1.165, 1.54) is 5.56 Å². The highest BCUT2D eigenvalue weighted by Crippen LogP contribution is 2.51. The molecule has 1 aliphatic carbocycles. The minimum absolute atomic E-state index is 0.154. The van der Waals surface area contributed by atoms with Gasteiger partial charge in [0.2, 0.25) is 0 Å². The quantitative estimate of drug-likeness (QED) is 0.491. The number of rotatable bonds is 6. The minimum atomic E-state index is -0.273. The second kappa shape index (κ2) is 8.10. The zero-order valence-corrected chi connectivity index (χ0v) is 18.2. The summed E-state index contributed by atoms with van der Waals surface area (Å²) in [6.07, 6.45) is 2.33. The molecule has 0 saturated heterocycles. The lowest BCUT2D eigenvalue weighted by molar-refractivity contribution is 0.0526. The van der Waals surface area contributed by atoms with Gasteiger partial charge in [0, 0.05) is 5.39 Å². The highest BCUT2D eigenvalue weighted by molar-refractivity contribution is 5.89. The van der Waals surface area contributed by atoms with Crippen LogP contribution in [-0.2, 0) is 4.74 Å². The van der Waals surface area contributed by atoms with Crippen LogP contribution in [-0.4, -0.2) is 17.6 Å². The van der Waals surface area contributed by atoms with Crippen LogP contribution in [0.5, 0.6) is 0 Å². The van der Waals surface area contributed by atoms with E-state index in [1.807, 2.05) is 43.3 Å². The van der Waals surface area contributed by atoms with Gasteiger partial charge >= 0.3 is 5.97 Å². The Morgan fingerprint density at radius 2 is 1.87 bits per heavy atom. The number of aromatic nitrogens is 1. The van der Waals surface area contributed by atoms with E-state index in [4.69, 9.17) is 9.72 Å². The van der Waals surface area contributed by atoms with Gasteiger partial charge in [0.15, 0.2) is 0 Å². The molecule has 4 nitrogen and oxygen atoms in total. The average molecular weight is 403 g/mol. The van der Waals surface area contributed by atoms with Crippen molar-refractivity contribution < 1.29 is 9.53 Å². The number of carbonyl (C=O) groups is 1. The molecule has 1 aliphatic rings. The van der Waals surface area contributed by atoms with Crippen molar-refractivity contribution in [3.8, 4) is 0 Å². The molecule has 1 N–H and O–H groups in total. The second-order valence-electron chi connectivity index (χ2n) is 9.14. The standard InChI is InChI=1S/C26H30N2O2/c1-5-30-25(29)19-12-10-18(11-13-19)23(21-15-26(3,4)16-21)28-24-17(2)14-20-8-6-7-9-22(20)27-24/h6-14,21,23H,5,15-16H2,1-4H3,(H,27,28)/t23-/m1/s1. The molecule has 2 aromatic carbocycles. The zero-order valence-electron chi connectivity index (χ0n) is 18.2. The SMILES string of the molecule is CCOC(=O)c1ccc([C@@H](Nc2nc3ccccc3cc2C)C2CC(C)(C)C2)cc1. The number of nitrogens with one attached hydrogen (secondary N) is 1. The third-order valence-corrected chi connectivity index (χ3v) is 6.09. The van der Waals surface area contributed by atoms with Gasteiger partial charge in [-0.1, -0.05) is 44.2 Å². The largest absolute Gasteiger partial charge is 0.462 e. The summed E-state index contributed by atoms with van der Waals surface area (Å²) in [5.41, 5.74) is 4.28. The predicted molar refractivity (Wildman–Crippen MR) is 122 cm³/mol. The molecular formula is C26H30N2O2. The number of pyridine rings is 1. The van der Waals surface area contributed by atoms with Crippen molar-refractivity contribution in [2.24, 2.45) is 11.3 Å². The van der Waals surface area contributed by atoms with Crippen molar-refractivity contribution in [2.75, 3.05) is 11.9 Å². The van der Waals surface area contributed by atoms with Crippen molar-refractivity contribution in [2.45, 2.75) is 46.6 Å². The molecule has 0 amide bonds. The van der Waals surface area contributed by atoms with Crippen LogP contribution in [0.2, 0.25) is 0 Å². The number of nitrogens with zero attached hydrogens (tertiary/aromatic N) is 1. The van der Waals surface area contributed by atoms with E-state index in [0.717, 1.165) is 35.1 Å². The van der Waals surface area contributed by atoms with E-state index in [2.05, 4.69) is 44.3 Å². The monoisotopic (exact) mass is 402 g/mol. The molecular weight excluding hydrogens is 372 g/mol. The Bertz CT molecular complexity index is 1050. The average Bonchev–Trinajstić information content (AvgIpc) is 2.71. The number of benzene rings is 2. The van der Waals surface area contributed by atoms with E-state index in [-0.39, 0.29) is 12.0 Å². The van der Waals surface area contributed by atoms with E-state index in [0.29, 0.717) is 23.5 Å². The number of hydrogen-bond acceptors (Lipinski definition) is 4. The van der Waals surface area contributed by atoms with E-state index in [9.17, 15) is 4.79 Å². The van der Waals surface area contributed by atoms with Gasteiger partial charge in [0.25, 0.3) is 0 Å². The van der Waals surface area contributed by atoms with Crippen LogP contribution in [0.1, 0.15) is 61.1 Å². The van der Waals surface area contributed by atoms with Gasteiger partial charge in [-0.2, -0.15) is 0 Å². The molecule has 4 rings (SSSR count). The molecule has 1 aromatic heterocycles. The Balaban J connectivity index is 1.64. The van der Waals surface area contributed by atoms with E-state index in [1.54, 1.807) is 0 Å². The van der Waals surface area contributed by atoms with Gasteiger partial charge in [-0.25, -0.2) is 9.78 Å². The van der Waals surface area contributed by atoms with Gasteiger partial charge in [-0.05, 0) is 73.4 Å². The van der Waals surface area contributed by atoms with Crippen LogP contribution in [0.25, 0.3) is 10.9 Å². The summed E-state index contributed by atoms with van der Waals surface area (Å²) >= 11 is 0. The molecule has 30 heavy (non-hydrogen) atoms. The number of carbonyl (C=O) groups excluding carboxylic acids is 1. The molecule has 3 aromatic rings. The fourth-order valence-corrected chi connectivity index (χ4v) is 4.62. The number of para-hydroxylation sites is 1. The molecule has 0 unspecified atom stereocenters. The number of hydrogen-bond donors (Lipinski definition) is 1. The summed E-state index contributed by atoms with van der Waals surface area (Å²) < 4.78 is 5.12. The van der Waals surface area contributed by atoms with E-state index >= 15 is 0 Å². The van der Waals surface area contributed by atoms with Crippen LogP contribution in [0.4, 0.5) is 5.82 Å². The molecule has 1 heterocycles. The van der Waals surface area contributed by atoms with Crippen LogP contribution >= 0.6 is 0 Å². The normalized spacial score (nSPS) is 16.7. The predicted octanol–water partition coefficient (Wildman–Crippen LogP) is 6.31. The molecule has 1 atom stereocenters. The molecule has 0 bridgehead atoms. The van der Waals surface area contributed by atoms with Crippen molar-refractivity contribution in [3.05, 3.63) is 71.3 Å². The Kier molecular flexibility index (Phi) is 5.50. The Hall–Kier alpha value is -2.88. The first-order valence-corrected chi connectivity index (χ1v) is 10.8.